The third-order valence-corrected chi connectivity index (χ3v) is 7.50. The van der Waals surface area contributed by atoms with E-state index in [9.17, 15) is 19.2 Å². The number of rotatable bonds is 9. The van der Waals surface area contributed by atoms with Gasteiger partial charge in [-0.3, -0.25) is 29.1 Å². The quantitative estimate of drug-likeness (QED) is 0.406. The van der Waals surface area contributed by atoms with E-state index in [-0.39, 0.29) is 36.4 Å². The SMILES string of the molecule is O=C(NCc1ccccn1)C(=O)[C@@H](Cc1ccccc1)NC(=O)[C@@H]1[C@H]2CCC[C@H]2CN1C(=O)c1cnccn1. The maximum Gasteiger partial charge on any atom is 0.289 e. The van der Waals surface area contributed by atoms with Gasteiger partial charge in [0, 0.05) is 31.6 Å². The summed E-state index contributed by atoms with van der Waals surface area (Å²) in [6.45, 7) is 0.532. The highest BCUT2D eigenvalue weighted by atomic mass is 16.2. The molecule has 1 saturated heterocycles. The Labute approximate surface area is 226 Å². The summed E-state index contributed by atoms with van der Waals surface area (Å²) in [6.07, 6.45) is 8.79. The van der Waals surface area contributed by atoms with Gasteiger partial charge in [0.25, 0.3) is 11.8 Å². The molecule has 0 radical (unpaired) electrons. The molecule has 200 valence electrons. The van der Waals surface area contributed by atoms with E-state index in [2.05, 4.69) is 25.6 Å². The van der Waals surface area contributed by atoms with Gasteiger partial charge in [0.1, 0.15) is 17.8 Å². The third-order valence-electron chi connectivity index (χ3n) is 7.50. The molecule has 0 bridgehead atoms. The van der Waals surface area contributed by atoms with Crippen LogP contribution in [0.1, 0.15) is 41.0 Å². The molecule has 0 spiro atoms. The summed E-state index contributed by atoms with van der Waals surface area (Å²) in [7, 11) is 0. The summed E-state index contributed by atoms with van der Waals surface area (Å²) in [5.74, 6) is -2.18. The first-order chi connectivity index (χ1) is 19.0. The van der Waals surface area contributed by atoms with Crippen molar-refractivity contribution >= 4 is 23.5 Å². The lowest BCUT2D eigenvalue weighted by Gasteiger charge is -2.28. The summed E-state index contributed by atoms with van der Waals surface area (Å²) in [5.41, 5.74) is 1.58. The van der Waals surface area contributed by atoms with E-state index >= 15 is 0 Å². The fourth-order valence-corrected chi connectivity index (χ4v) is 5.64. The van der Waals surface area contributed by atoms with E-state index < -0.39 is 29.7 Å². The van der Waals surface area contributed by atoms with Crippen LogP contribution in [0.4, 0.5) is 0 Å². The molecule has 10 heteroatoms. The Morgan fingerprint density at radius 2 is 1.77 bits per heavy atom. The first-order valence-corrected chi connectivity index (χ1v) is 13.1. The Balaban J connectivity index is 1.35. The standard InChI is InChI=1S/C29H30N6O4/c36-26(28(38)33-16-21-10-4-5-12-31-21)23(15-19-7-2-1-3-8-19)34-27(37)25-22-11-6-9-20(22)18-35(25)29(39)24-17-30-13-14-32-24/h1-5,7-8,10,12-14,17,20,22-23,25H,6,9,11,15-16,18H2,(H,33,38)(H,34,37)/t20-,22-,23+,25-/m0/s1. The van der Waals surface area contributed by atoms with E-state index in [4.69, 9.17) is 0 Å². The van der Waals surface area contributed by atoms with Crippen LogP contribution < -0.4 is 10.6 Å². The highest BCUT2D eigenvalue weighted by molar-refractivity contribution is 6.38. The van der Waals surface area contributed by atoms with Crippen molar-refractivity contribution in [3.05, 3.63) is 90.3 Å². The van der Waals surface area contributed by atoms with Crippen LogP contribution in [-0.4, -0.2) is 62.0 Å². The zero-order valence-corrected chi connectivity index (χ0v) is 21.4. The molecule has 39 heavy (non-hydrogen) atoms. The van der Waals surface area contributed by atoms with Crippen LogP contribution in [0.15, 0.2) is 73.3 Å². The van der Waals surface area contributed by atoms with Gasteiger partial charge in [0.2, 0.25) is 11.7 Å². The van der Waals surface area contributed by atoms with E-state index in [1.807, 2.05) is 30.3 Å². The van der Waals surface area contributed by atoms with Gasteiger partial charge in [-0.05, 0) is 42.4 Å². The molecule has 5 rings (SSSR count). The second-order valence-electron chi connectivity index (χ2n) is 9.97. The number of hydrogen-bond donors (Lipinski definition) is 2. The number of carbonyl (C=O) groups is 4. The lowest BCUT2D eigenvalue weighted by Crippen LogP contribution is -2.55. The van der Waals surface area contributed by atoms with E-state index in [1.165, 1.54) is 18.6 Å². The molecule has 3 aromatic rings. The molecule has 0 unspecified atom stereocenters. The van der Waals surface area contributed by atoms with Gasteiger partial charge in [-0.25, -0.2) is 4.98 Å². The molecule has 3 amide bonds. The zero-order valence-electron chi connectivity index (χ0n) is 21.4. The van der Waals surface area contributed by atoms with Gasteiger partial charge < -0.3 is 15.5 Å². The van der Waals surface area contributed by atoms with Crippen molar-refractivity contribution in [1.29, 1.82) is 0 Å². The Bertz CT molecular complexity index is 1320. The number of Topliss-reactive ketones (excluding diaryl/α,β-unsaturated/α-hetero) is 1. The molecule has 10 nitrogen and oxygen atoms in total. The van der Waals surface area contributed by atoms with Crippen molar-refractivity contribution in [2.24, 2.45) is 11.8 Å². The van der Waals surface area contributed by atoms with Crippen molar-refractivity contribution in [3.8, 4) is 0 Å². The lowest BCUT2D eigenvalue weighted by molar-refractivity contribution is -0.140. The van der Waals surface area contributed by atoms with E-state index in [0.29, 0.717) is 12.2 Å². The first kappa shape index (κ1) is 26.1. The number of ketones is 1. The lowest BCUT2D eigenvalue weighted by atomic mass is 9.92. The average molecular weight is 527 g/mol. The molecule has 1 saturated carbocycles. The molecular weight excluding hydrogens is 496 g/mol. The Hall–Kier alpha value is -4.47. The fraction of sp³-hybridized carbons (Fsp3) is 0.345. The monoisotopic (exact) mass is 526 g/mol. The zero-order chi connectivity index (χ0) is 27.2. The minimum absolute atomic E-state index is 0.0175. The number of hydrogen-bond acceptors (Lipinski definition) is 7. The second-order valence-corrected chi connectivity index (χ2v) is 9.97. The molecule has 2 N–H and O–H groups in total. The summed E-state index contributed by atoms with van der Waals surface area (Å²) in [5, 5.41) is 5.45. The fourth-order valence-electron chi connectivity index (χ4n) is 5.64. The van der Waals surface area contributed by atoms with Gasteiger partial charge >= 0.3 is 0 Å². The number of aromatic nitrogens is 3. The molecular formula is C29H30N6O4. The molecule has 1 aliphatic carbocycles. The first-order valence-electron chi connectivity index (χ1n) is 13.1. The summed E-state index contributed by atoms with van der Waals surface area (Å²) in [4.78, 5) is 67.2. The molecule has 2 aromatic heterocycles. The normalized spacial score (nSPS) is 20.6. The molecule has 1 aliphatic heterocycles. The van der Waals surface area contributed by atoms with Crippen molar-refractivity contribution in [3.63, 3.8) is 0 Å². The number of fused-ring (bicyclic) bond motifs is 1. The molecule has 2 aliphatic rings. The molecule has 4 atom stereocenters. The maximum atomic E-state index is 13.8. The van der Waals surface area contributed by atoms with E-state index in [0.717, 1.165) is 24.8 Å². The number of amides is 3. The van der Waals surface area contributed by atoms with Crippen molar-refractivity contribution < 1.29 is 19.2 Å². The number of nitrogens with one attached hydrogen (secondary N) is 2. The van der Waals surface area contributed by atoms with Crippen LogP contribution in [0.5, 0.6) is 0 Å². The predicted octanol–water partition coefficient (Wildman–Crippen LogP) is 1.73. The minimum Gasteiger partial charge on any atom is -0.344 e. The van der Waals surface area contributed by atoms with Gasteiger partial charge in [-0.2, -0.15) is 0 Å². The topological polar surface area (TPSA) is 134 Å². The van der Waals surface area contributed by atoms with Crippen LogP contribution in [0.2, 0.25) is 0 Å². The van der Waals surface area contributed by atoms with Gasteiger partial charge in [-0.15, -0.1) is 0 Å². The van der Waals surface area contributed by atoms with Crippen LogP contribution in [0.25, 0.3) is 0 Å². The van der Waals surface area contributed by atoms with Crippen LogP contribution >= 0.6 is 0 Å². The van der Waals surface area contributed by atoms with Gasteiger partial charge in [0.05, 0.1) is 18.4 Å². The predicted molar refractivity (Wildman–Crippen MR) is 141 cm³/mol. The Kier molecular flexibility index (Phi) is 8.00. The molecule has 1 aromatic carbocycles. The third kappa shape index (κ3) is 6.00. The average Bonchev–Trinajstić information content (AvgIpc) is 3.58. The second kappa shape index (κ2) is 11.9. The summed E-state index contributed by atoms with van der Waals surface area (Å²) < 4.78 is 0. The number of carbonyl (C=O) groups excluding carboxylic acids is 4. The van der Waals surface area contributed by atoms with E-state index in [1.54, 1.807) is 29.3 Å². The summed E-state index contributed by atoms with van der Waals surface area (Å²) in [6, 6.07) is 12.6. The van der Waals surface area contributed by atoms with Crippen LogP contribution in [0.3, 0.4) is 0 Å². The van der Waals surface area contributed by atoms with Crippen molar-refractivity contribution in [2.45, 2.75) is 44.3 Å². The summed E-state index contributed by atoms with van der Waals surface area (Å²) >= 11 is 0. The highest BCUT2D eigenvalue weighted by Crippen LogP contribution is 2.42. The van der Waals surface area contributed by atoms with Crippen molar-refractivity contribution in [1.82, 2.24) is 30.5 Å². The number of likely N-dealkylation sites (tertiary alicyclic amines) is 1. The molecule has 3 heterocycles. The Morgan fingerprint density at radius 1 is 0.949 bits per heavy atom. The van der Waals surface area contributed by atoms with Gasteiger partial charge in [-0.1, -0.05) is 42.8 Å². The van der Waals surface area contributed by atoms with Crippen LogP contribution in [0, 0.1) is 11.8 Å². The largest absolute Gasteiger partial charge is 0.344 e. The number of pyridine rings is 1. The number of benzene rings is 1. The highest BCUT2D eigenvalue weighted by Gasteiger charge is 2.50. The van der Waals surface area contributed by atoms with Crippen LogP contribution in [-0.2, 0) is 27.3 Å². The number of nitrogens with zero attached hydrogens (tertiary/aromatic N) is 4. The maximum absolute atomic E-state index is 13.8. The van der Waals surface area contributed by atoms with Crippen molar-refractivity contribution in [2.75, 3.05) is 6.54 Å². The Morgan fingerprint density at radius 3 is 2.51 bits per heavy atom. The smallest absolute Gasteiger partial charge is 0.289 e. The minimum atomic E-state index is -1.10. The molecule has 2 fully saturated rings. The van der Waals surface area contributed by atoms with Gasteiger partial charge in [0.15, 0.2) is 0 Å².